The lowest BCUT2D eigenvalue weighted by atomic mass is 9.88. The van der Waals surface area contributed by atoms with E-state index < -0.39 is 0 Å². The molecule has 1 aliphatic rings. The molecule has 18 heavy (non-hydrogen) atoms. The normalized spacial score (nSPS) is 22.6. The maximum Gasteiger partial charge on any atom is 0.0381 e. The summed E-state index contributed by atoms with van der Waals surface area (Å²) in [7, 11) is 4.16. The molecule has 100 valence electrons. The second-order valence-corrected chi connectivity index (χ2v) is 7.20. The van der Waals surface area contributed by atoms with Gasteiger partial charge in [0, 0.05) is 37.3 Å². The summed E-state index contributed by atoms with van der Waals surface area (Å²) in [6.07, 6.45) is 1.26. The van der Waals surface area contributed by atoms with Gasteiger partial charge in [0.15, 0.2) is 0 Å². The number of hydrogen-bond donors (Lipinski definition) is 1. The van der Waals surface area contributed by atoms with E-state index in [1.807, 2.05) is 0 Å². The molecular weight excluding hydrogens is 240 g/mol. The van der Waals surface area contributed by atoms with Gasteiger partial charge < -0.3 is 10.2 Å². The van der Waals surface area contributed by atoms with E-state index >= 15 is 0 Å². The van der Waals surface area contributed by atoms with Gasteiger partial charge in [-0.3, -0.25) is 0 Å². The molecule has 0 bridgehead atoms. The van der Waals surface area contributed by atoms with Crippen LogP contribution in [-0.2, 0) is 0 Å². The van der Waals surface area contributed by atoms with E-state index in [2.05, 4.69) is 74.2 Å². The fourth-order valence-corrected chi connectivity index (χ4v) is 3.74. The van der Waals surface area contributed by atoms with Crippen molar-refractivity contribution in [1.82, 2.24) is 0 Å². The smallest absolute Gasteiger partial charge is 0.0381 e. The summed E-state index contributed by atoms with van der Waals surface area (Å²) < 4.78 is 0. The number of nitrogens with one attached hydrogen (secondary N) is 1. The van der Waals surface area contributed by atoms with E-state index in [9.17, 15) is 0 Å². The molecule has 1 atom stereocenters. The molecule has 1 aromatic rings. The predicted molar refractivity (Wildman–Crippen MR) is 83.9 cm³/mol. The number of nitrogens with zero attached hydrogens (tertiary/aromatic N) is 1. The molecule has 1 aromatic carbocycles. The number of anilines is 2. The Hall–Kier alpha value is -0.830. The lowest BCUT2D eigenvalue weighted by Gasteiger charge is -2.35. The van der Waals surface area contributed by atoms with Crippen molar-refractivity contribution in [2.45, 2.75) is 26.3 Å². The molecule has 1 unspecified atom stereocenters. The van der Waals surface area contributed by atoms with Crippen molar-refractivity contribution in [3.63, 3.8) is 0 Å². The average Bonchev–Trinajstić information content (AvgIpc) is 2.28. The molecule has 2 rings (SSSR count). The van der Waals surface area contributed by atoms with Gasteiger partial charge in [0.05, 0.1) is 0 Å². The molecule has 0 saturated carbocycles. The lowest BCUT2D eigenvalue weighted by Crippen LogP contribution is -2.35. The Kier molecular flexibility index (Phi) is 4.10. The maximum absolute atomic E-state index is 3.68. The third kappa shape index (κ3) is 3.58. The van der Waals surface area contributed by atoms with Crippen LogP contribution < -0.4 is 10.2 Å². The zero-order valence-corrected chi connectivity index (χ0v) is 12.7. The Morgan fingerprint density at radius 2 is 2.11 bits per heavy atom. The Labute approximate surface area is 115 Å². The van der Waals surface area contributed by atoms with Gasteiger partial charge >= 0.3 is 0 Å². The Morgan fingerprint density at radius 3 is 2.78 bits per heavy atom. The second-order valence-electron chi connectivity index (χ2n) is 6.17. The highest BCUT2D eigenvalue weighted by molar-refractivity contribution is 7.99. The minimum absolute atomic E-state index is 0.458. The first-order chi connectivity index (χ1) is 8.46. The van der Waals surface area contributed by atoms with E-state index in [4.69, 9.17) is 0 Å². The van der Waals surface area contributed by atoms with Crippen molar-refractivity contribution >= 4 is 23.1 Å². The minimum atomic E-state index is 0.458. The SMILES string of the molecule is CN(C)c1cccc(NC2CSCC(C)(C)C2)c1. The van der Waals surface area contributed by atoms with Gasteiger partial charge in [0.1, 0.15) is 0 Å². The molecule has 2 nitrogen and oxygen atoms in total. The van der Waals surface area contributed by atoms with Crippen LogP contribution in [-0.4, -0.2) is 31.6 Å². The molecule has 1 N–H and O–H groups in total. The molecule has 0 aromatic heterocycles. The van der Waals surface area contributed by atoms with Gasteiger partial charge in [0.25, 0.3) is 0 Å². The van der Waals surface area contributed by atoms with Crippen LogP contribution >= 0.6 is 11.8 Å². The molecule has 3 heteroatoms. The fourth-order valence-electron chi connectivity index (χ4n) is 2.46. The summed E-state index contributed by atoms with van der Waals surface area (Å²) in [5.74, 6) is 2.50. The molecule has 0 amide bonds. The van der Waals surface area contributed by atoms with Crippen molar-refractivity contribution in [1.29, 1.82) is 0 Å². The first kappa shape index (κ1) is 13.6. The summed E-state index contributed by atoms with van der Waals surface area (Å²) in [5.41, 5.74) is 2.95. The predicted octanol–water partition coefficient (Wildman–Crippen LogP) is 3.70. The third-order valence-electron chi connectivity index (χ3n) is 3.34. The Morgan fingerprint density at radius 1 is 1.33 bits per heavy atom. The van der Waals surface area contributed by atoms with Crippen molar-refractivity contribution in [2.75, 3.05) is 35.8 Å². The van der Waals surface area contributed by atoms with Gasteiger partial charge in [-0.2, -0.15) is 11.8 Å². The lowest BCUT2D eigenvalue weighted by molar-refractivity contribution is 0.358. The summed E-state index contributed by atoms with van der Waals surface area (Å²) >= 11 is 2.07. The van der Waals surface area contributed by atoms with Gasteiger partial charge in [-0.05, 0) is 35.8 Å². The number of benzene rings is 1. The summed E-state index contributed by atoms with van der Waals surface area (Å²) in [4.78, 5) is 2.14. The average molecular weight is 264 g/mol. The largest absolute Gasteiger partial charge is 0.381 e. The second kappa shape index (κ2) is 5.43. The van der Waals surface area contributed by atoms with E-state index in [1.54, 1.807) is 0 Å². The number of thioether (sulfide) groups is 1. The molecule has 1 saturated heterocycles. The topological polar surface area (TPSA) is 15.3 Å². The van der Waals surface area contributed by atoms with E-state index in [-0.39, 0.29) is 0 Å². The fraction of sp³-hybridized carbons (Fsp3) is 0.600. The third-order valence-corrected chi connectivity index (χ3v) is 4.97. The number of hydrogen-bond acceptors (Lipinski definition) is 3. The summed E-state index contributed by atoms with van der Waals surface area (Å²) in [6, 6.07) is 9.26. The summed E-state index contributed by atoms with van der Waals surface area (Å²) in [6.45, 7) is 4.73. The van der Waals surface area contributed by atoms with Crippen molar-refractivity contribution in [3.8, 4) is 0 Å². The summed E-state index contributed by atoms with van der Waals surface area (Å²) in [5, 5.41) is 3.68. The van der Waals surface area contributed by atoms with Crippen molar-refractivity contribution in [3.05, 3.63) is 24.3 Å². The Balaban J connectivity index is 2.03. The highest BCUT2D eigenvalue weighted by atomic mass is 32.2. The van der Waals surface area contributed by atoms with Crippen LogP contribution in [0.3, 0.4) is 0 Å². The van der Waals surface area contributed by atoms with Crippen LogP contribution in [0.25, 0.3) is 0 Å². The van der Waals surface area contributed by atoms with Crippen molar-refractivity contribution in [2.24, 2.45) is 5.41 Å². The van der Waals surface area contributed by atoms with E-state index in [0.717, 1.165) is 0 Å². The monoisotopic (exact) mass is 264 g/mol. The van der Waals surface area contributed by atoms with Crippen LogP contribution in [0.2, 0.25) is 0 Å². The quantitative estimate of drug-likeness (QED) is 0.896. The first-order valence-corrected chi connectivity index (χ1v) is 7.73. The minimum Gasteiger partial charge on any atom is -0.381 e. The van der Waals surface area contributed by atoms with Gasteiger partial charge in [-0.25, -0.2) is 0 Å². The van der Waals surface area contributed by atoms with Crippen molar-refractivity contribution < 1.29 is 0 Å². The molecule has 0 spiro atoms. The molecule has 1 heterocycles. The van der Waals surface area contributed by atoms with Crippen LogP contribution in [0.15, 0.2) is 24.3 Å². The molecule has 0 radical (unpaired) electrons. The highest BCUT2D eigenvalue weighted by Gasteiger charge is 2.28. The van der Waals surface area contributed by atoms with Crippen LogP contribution in [0, 0.1) is 5.41 Å². The zero-order valence-electron chi connectivity index (χ0n) is 11.9. The van der Waals surface area contributed by atoms with Crippen LogP contribution in [0.4, 0.5) is 11.4 Å². The number of rotatable bonds is 3. The van der Waals surface area contributed by atoms with Crippen LogP contribution in [0.1, 0.15) is 20.3 Å². The zero-order chi connectivity index (χ0) is 13.2. The van der Waals surface area contributed by atoms with Crippen LogP contribution in [0.5, 0.6) is 0 Å². The first-order valence-electron chi connectivity index (χ1n) is 6.58. The highest BCUT2D eigenvalue weighted by Crippen LogP contribution is 2.34. The maximum atomic E-state index is 3.68. The molecule has 0 aliphatic carbocycles. The Bertz CT molecular complexity index is 401. The van der Waals surface area contributed by atoms with E-state index in [0.29, 0.717) is 11.5 Å². The molecule has 1 aliphatic heterocycles. The molecule has 1 fully saturated rings. The standard InChI is InChI=1S/C15H24N2S/c1-15(2)9-13(10-18-11-15)16-12-6-5-7-14(8-12)17(3)4/h5-8,13,16H,9-11H2,1-4H3. The van der Waals surface area contributed by atoms with Gasteiger partial charge in [-0.15, -0.1) is 0 Å². The van der Waals surface area contributed by atoms with Gasteiger partial charge in [0.2, 0.25) is 0 Å². The molecular formula is C15H24N2S. The van der Waals surface area contributed by atoms with E-state index in [1.165, 1.54) is 29.3 Å². The van der Waals surface area contributed by atoms with Gasteiger partial charge in [-0.1, -0.05) is 19.9 Å².